The third-order valence-corrected chi connectivity index (χ3v) is 12.6. The summed E-state index contributed by atoms with van der Waals surface area (Å²) in [6.45, 7) is 19.4. The standard InChI is InChI=1S/C34H47ClN2O5Si/c1-23(21-36-29-17-16-24-18-27(31(38)40-8)15-14-25(24)20-29)37(32(39)41-33(2,3)4)22-30(26-12-11-13-28(35)19-26)42-43(9,10)34(5,6)7/h11-20,23,30,36H,21-22H2,1-10H3/t23-,30-/m1/s1. The van der Waals surface area contributed by atoms with Crippen molar-refractivity contribution in [2.75, 3.05) is 25.5 Å². The fraction of sp³-hybridized carbons (Fsp3) is 0.471. The summed E-state index contributed by atoms with van der Waals surface area (Å²) in [5.74, 6) is -0.367. The summed E-state index contributed by atoms with van der Waals surface area (Å²) in [4.78, 5) is 27.3. The molecule has 0 bridgehead atoms. The SMILES string of the molecule is COC(=O)c1ccc2cc(NC[C@@H](C)N(C[C@@H](O[Si](C)(C)C(C)(C)C)c3cccc(Cl)c3)C(=O)OC(C)(C)C)ccc2c1. The molecule has 0 aliphatic carbocycles. The minimum atomic E-state index is -2.23. The van der Waals surface area contributed by atoms with Gasteiger partial charge in [0.1, 0.15) is 5.60 Å². The number of esters is 1. The number of nitrogens with zero attached hydrogens (tertiary/aromatic N) is 1. The summed E-state index contributed by atoms with van der Waals surface area (Å²) in [5, 5.41) is 6.00. The van der Waals surface area contributed by atoms with Crippen LogP contribution >= 0.6 is 11.6 Å². The number of nitrogens with one attached hydrogen (secondary N) is 1. The Morgan fingerprint density at radius 1 is 0.953 bits per heavy atom. The average molecular weight is 627 g/mol. The minimum Gasteiger partial charge on any atom is -0.465 e. The van der Waals surface area contributed by atoms with E-state index in [2.05, 4.69) is 39.2 Å². The highest BCUT2D eigenvalue weighted by Gasteiger charge is 2.41. The van der Waals surface area contributed by atoms with Crippen LogP contribution in [0.15, 0.2) is 60.7 Å². The second-order valence-corrected chi connectivity index (χ2v) is 18.7. The maximum atomic E-state index is 13.7. The van der Waals surface area contributed by atoms with Gasteiger partial charge in [-0.3, -0.25) is 0 Å². The summed E-state index contributed by atoms with van der Waals surface area (Å²) in [5.41, 5.74) is 1.67. The van der Waals surface area contributed by atoms with E-state index in [1.807, 2.05) is 82.3 Å². The van der Waals surface area contributed by atoms with Crippen LogP contribution in [0.5, 0.6) is 0 Å². The van der Waals surface area contributed by atoms with Crippen LogP contribution in [0.2, 0.25) is 23.2 Å². The van der Waals surface area contributed by atoms with Gasteiger partial charge in [0, 0.05) is 23.3 Å². The van der Waals surface area contributed by atoms with E-state index < -0.39 is 20.0 Å². The molecule has 3 aromatic carbocycles. The molecule has 0 aromatic heterocycles. The van der Waals surface area contributed by atoms with Gasteiger partial charge >= 0.3 is 12.1 Å². The van der Waals surface area contributed by atoms with Gasteiger partial charge in [0.15, 0.2) is 8.32 Å². The molecule has 234 valence electrons. The number of hydrogen-bond acceptors (Lipinski definition) is 6. The summed E-state index contributed by atoms with van der Waals surface area (Å²) in [6, 6.07) is 18.8. The first-order valence-corrected chi connectivity index (χ1v) is 18.0. The molecule has 0 unspecified atom stereocenters. The lowest BCUT2D eigenvalue weighted by Crippen LogP contribution is -2.49. The highest BCUT2D eigenvalue weighted by atomic mass is 35.5. The first kappa shape index (κ1) is 34.4. The molecule has 3 aromatic rings. The highest BCUT2D eigenvalue weighted by Crippen LogP contribution is 2.40. The molecule has 0 saturated heterocycles. The Hall–Kier alpha value is -3.07. The van der Waals surface area contributed by atoms with Crippen molar-refractivity contribution in [2.24, 2.45) is 0 Å². The Labute approximate surface area is 263 Å². The first-order valence-electron chi connectivity index (χ1n) is 14.7. The van der Waals surface area contributed by atoms with E-state index in [1.54, 1.807) is 11.0 Å². The number of hydrogen-bond donors (Lipinski definition) is 1. The molecule has 2 atom stereocenters. The van der Waals surface area contributed by atoms with Gasteiger partial charge in [-0.1, -0.05) is 56.6 Å². The van der Waals surface area contributed by atoms with Crippen LogP contribution in [-0.4, -0.2) is 57.1 Å². The number of fused-ring (bicyclic) bond motifs is 1. The summed E-state index contributed by atoms with van der Waals surface area (Å²) in [7, 11) is -0.856. The molecule has 3 rings (SSSR count). The zero-order valence-electron chi connectivity index (χ0n) is 27.2. The van der Waals surface area contributed by atoms with E-state index in [0.717, 1.165) is 22.0 Å². The second kappa shape index (κ2) is 13.7. The molecule has 0 saturated carbocycles. The number of benzene rings is 3. The smallest absolute Gasteiger partial charge is 0.410 e. The van der Waals surface area contributed by atoms with Gasteiger partial charge in [-0.2, -0.15) is 0 Å². The number of anilines is 1. The third-order valence-electron chi connectivity index (χ3n) is 7.85. The highest BCUT2D eigenvalue weighted by molar-refractivity contribution is 6.74. The van der Waals surface area contributed by atoms with Crippen LogP contribution in [0.3, 0.4) is 0 Å². The topological polar surface area (TPSA) is 77.1 Å². The largest absolute Gasteiger partial charge is 0.465 e. The zero-order chi connectivity index (χ0) is 32.2. The van der Waals surface area contributed by atoms with Crippen molar-refractivity contribution in [3.05, 3.63) is 76.8 Å². The van der Waals surface area contributed by atoms with Gasteiger partial charge in [0.2, 0.25) is 0 Å². The molecule has 9 heteroatoms. The molecular weight excluding hydrogens is 580 g/mol. The van der Waals surface area contributed by atoms with Crippen molar-refractivity contribution < 1.29 is 23.5 Å². The predicted octanol–water partition coefficient (Wildman–Crippen LogP) is 9.08. The molecule has 0 spiro atoms. The van der Waals surface area contributed by atoms with Gasteiger partial charge in [0.05, 0.1) is 25.3 Å². The lowest BCUT2D eigenvalue weighted by Gasteiger charge is -2.41. The lowest BCUT2D eigenvalue weighted by atomic mass is 10.1. The van der Waals surface area contributed by atoms with E-state index in [1.165, 1.54) is 7.11 Å². The molecule has 0 radical (unpaired) electrons. The van der Waals surface area contributed by atoms with Crippen LogP contribution in [-0.2, 0) is 13.9 Å². The van der Waals surface area contributed by atoms with Crippen LogP contribution in [0.4, 0.5) is 10.5 Å². The Kier molecular flexibility index (Phi) is 11.0. The van der Waals surface area contributed by atoms with Gasteiger partial charge in [-0.05, 0) is 98.6 Å². The van der Waals surface area contributed by atoms with Crippen molar-refractivity contribution in [1.82, 2.24) is 4.90 Å². The van der Waals surface area contributed by atoms with E-state index in [4.69, 9.17) is 25.5 Å². The van der Waals surface area contributed by atoms with Crippen molar-refractivity contribution >= 4 is 48.4 Å². The van der Waals surface area contributed by atoms with E-state index >= 15 is 0 Å². The van der Waals surface area contributed by atoms with Crippen molar-refractivity contribution in [3.63, 3.8) is 0 Å². The monoisotopic (exact) mass is 626 g/mol. The number of halogens is 1. The zero-order valence-corrected chi connectivity index (χ0v) is 29.0. The lowest BCUT2D eigenvalue weighted by molar-refractivity contribution is 0.00798. The van der Waals surface area contributed by atoms with Crippen LogP contribution < -0.4 is 5.32 Å². The van der Waals surface area contributed by atoms with Gasteiger partial charge in [-0.25, -0.2) is 9.59 Å². The Bertz CT molecular complexity index is 1430. The number of amides is 1. The summed E-state index contributed by atoms with van der Waals surface area (Å²) in [6.07, 6.45) is -0.791. The molecule has 1 N–H and O–H groups in total. The molecule has 0 aliphatic rings. The minimum absolute atomic E-state index is 0.0263. The molecule has 7 nitrogen and oxygen atoms in total. The first-order chi connectivity index (χ1) is 19.9. The molecular formula is C34H47ClN2O5Si. The van der Waals surface area contributed by atoms with Crippen molar-refractivity contribution in [1.29, 1.82) is 0 Å². The normalized spacial score (nSPS) is 13.7. The molecule has 0 fully saturated rings. The maximum absolute atomic E-state index is 13.7. The predicted molar refractivity (Wildman–Crippen MR) is 179 cm³/mol. The number of rotatable bonds is 10. The van der Waals surface area contributed by atoms with Crippen molar-refractivity contribution in [2.45, 2.75) is 84.3 Å². The van der Waals surface area contributed by atoms with Crippen molar-refractivity contribution in [3.8, 4) is 0 Å². The second-order valence-electron chi connectivity index (χ2n) is 13.6. The number of carbonyl (C=O) groups is 2. The van der Waals surface area contributed by atoms with Gasteiger partial charge in [-0.15, -0.1) is 0 Å². The van der Waals surface area contributed by atoms with E-state index in [9.17, 15) is 9.59 Å². The molecule has 43 heavy (non-hydrogen) atoms. The van der Waals surface area contributed by atoms with Crippen LogP contribution in [0.25, 0.3) is 10.8 Å². The summed E-state index contributed by atoms with van der Waals surface area (Å²) < 4.78 is 17.7. The van der Waals surface area contributed by atoms with E-state index in [0.29, 0.717) is 23.7 Å². The molecule has 1 amide bonds. The van der Waals surface area contributed by atoms with Crippen LogP contribution in [0.1, 0.15) is 70.5 Å². The van der Waals surface area contributed by atoms with Gasteiger partial charge in [0.25, 0.3) is 0 Å². The fourth-order valence-corrected chi connectivity index (χ4v) is 5.83. The third kappa shape index (κ3) is 9.45. The van der Waals surface area contributed by atoms with E-state index in [-0.39, 0.29) is 23.2 Å². The number of methoxy groups -OCH3 is 1. The van der Waals surface area contributed by atoms with Crippen LogP contribution in [0, 0.1) is 0 Å². The summed E-state index contributed by atoms with van der Waals surface area (Å²) >= 11 is 6.41. The Morgan fingerprint density at radius 3 is 2.21 bits per heavy atom. The number of carbonyl (C=O) groups excluding carboxylic acids is 2. The number of ether oxygens (including phenoxy) is 2. The fourth-order valence-electron chi connectivity index (χ4n) is 4.36. The Balaban J connectivity index is 1.89. The maximum Gasteiger partial charge on any atom is 0.410 e. The van der Waals surface area contributed by atoms with Gasteiger partial charge < -0.3 is 24.1 Å². The quantitative estimate of drug-likeness (QED) is 0.179. The Morgan fingerprint density at radius 2 is 1.60 bits per heavy atom. The molecule has 0 aliphatic heterocycles. The molecule has 0 heterocycles. The average Bonchev–Trinajstić information content (AvgIpc) is 2.91.